The fraction of sp³-hybridized carbons (Fsp3) is 0.500. The van der Waals surface area contributed by atoms with E-state index in [0.717, 1.165) is 18.2 Å². The van der Waals surface area contributed by atoms with E-state index in [-0.39, 0.29) is 11.4 Å². The number of aliphatic carboxylic acids is 1. The highest BCUT2D eigenvalue weighted by Crippen LogP contribution is 2.21. The second-order valence-electron chi connectivity index (χ2n) is 5.75. The summed E-state index contributed by atoms with van der Waals surface area (Å²) >= 11 is 0. The average Bonchev–Trinajstić information content (AvgIpc) is 2.43. The van der Waals surface area contributed by atoms with Crippen LogP contribution in [-0.4, -0.2) is 39.7 Å². The highest BCUT2D eigenvalue weighted by atomic mass is 32.2. The summed E-state index contributed by atoms with van der Waals surface area (Å²) in [4.78, 5) is 10.3. The number of anilines is 1. The first kappa shape index (κ1) is 21.3. The molecular formula is C14H21FN2O6S2. The predicted octanol–water partition coefficient (Wildman–Crippen LogP) is 1.36. The van der Waals surface area contributed by atoms with Gasteiger partial charge in [0.1, 0.15) is 16.8 Å². The molecule has 0 fully saturated rings. The molecule has 8 nitrogen and oxygen atoms in total. The maximum absolute atomic E-state index is 14.2. The zero-order chi connectivity index (χ0) is 19.4. The van der Waals surface area contributed by atoms with Gasteiger partial charge in [0, 0.05) is 0 Å². The van der Waals surface area contributed by atoms with Crippen LogP contribution in [0.15, 0.2) is 23.1 Å². The van der Waals surface area contributed by atoms with E-state index in [1.165, 1.54) is 13.8 Å². The van der Waals surface area contributed by atoms with Crippen molar-refractivity contribution in [2.24, 2.45) is 5.92 Å². The fourth-order valence-electron chi connectivity index (χ4n) is 1.98. The Kier molecular flexibility index (Phi) is 6.91. The first-order valence-electron chi connectivity index (χ1n) is 7.44. The second kappa shape index (κ2) is 8.11. The van der Waals surface area contributed by atoms with E-state index in [9.17, 15) is 26.0 Å². The van der Waals surface area contributed by atoms with Crippen molar-refractivity contribution in [1.82, 2.24) is 4.72 Å². The number of hydrogen-bond acceptors (Lipinski definition) is 5. The Morgan fingerprint density at radius 3 is 2.28 bits per heavy atom. The van der Waals surface area contributed by atoms with Gasteiger partial charge in [0.2, 0.25) is 20.0 Å². The van der Waals surface area contributed by atoms with Gasteiger partial charge in [-0.2, -0.15) is 4.72 Å². The second-order valence-corrected chi connectivity index (χ2v) is 9.27. The zero-order valence-electron chi connectivity index (χ0n) is 14.0. The van der Waals surface area contributed by atoms with Crippen molar-refractivity contribution in [3.05, 3.63) is 24.0 Å². The van der Waals surface area contributed by atoms with Crippen LogP contribution >= 0.6 is 0 Å². The van der Waals surface area contributed by atoms with Crippen molar-refractivity contribution in [3.8, 4) is 0 Å². The van der Waals surface area contributed by atoms with Crippen molar-refractivity contribution < 1.29 is 31.1 Å². The number of benzene rings is 1. The van der Waals surface area contributed by atoms with Crippen LogP contribution in [0.4, 0.5) is 10.1 Å². The van der Waals surface area contributed by atoms with Crippen molar-refractivity contribution in [2.45, 2.75) is 38.1 Å². The molecule has 0 aliphatic heterocycles. The largest absolute Gasteiger partial charge is 0.480 e. The Labute approximate surface area is 146 Å². The van der Waals surface area contributed by atoms with Crippen LogP contribution < -0.4 is 9.44 Å². The molecule has 3 N–H and O–H groups in total. The van der Waals surface area contributed by atoms with Gasteiger partial charge in [-0.05, 0) is 30.5 Å². The molecule has 0 saturated heterocycles. The third-order valence-electron chi connectivity index (χ3n) is 3.18. The number of rotatable bonds is 9. The number of sulfonamides is 2. The Bertz CT molecular complexity index is 837. The van der Waals surface area contributed by atoms with Gasteiger partial charge in [-0.1, -0.05) is 20.8 Å². The van der Waals surface area contributed by atoms with Gasteiger partial charge in [0.25, 0.3) is 0 Å². The predicted molar refractivity (Wildman–Crippen MR) is 90.7 cm³/mol. The van der Waals surface area contributed by atoms with Gasteiger partial charge in [-0.25, -0.2) is 21.2 Å². The van der Waals surface area contributed by atoms with Gasteiger partial charge < -0.3 is 5.11 Å². The number of nitrogens with one attached hydrogen (secondary N) is 2. The van der Waals surface area contributed by atoms with Gasteiger partial charge in [0.05, 0.1) is 11.4 Å². The Hall–Kier alpha value is -1.72. The van der Waals surface area contributed by atoms with Gasteiger partial charge >= 0.3 is 5.97 Å². The molecule has 0 spiro atoms. The zero-order valence-corrected chi connectivity index (χ0v) is 15.6. The minimum atomic E-state index is -4.43. The van der Waals surface area contributed by atoms with E-state index >= 15 is 0 Å². The van der Waals surface area contributed by atoms with E-state index in [1.54, 1.807) is 6.92 Å². The van der Waals surface area contributed by atoms with E-state index in [2.05, 4.69) is 4.72 Å². The lowest BCUT2D eigenvalue weighted by atomic mass is 10.1. The molecule has 0 aliphatic rings. The van der Waals surface area contributed by atoms with Crippen LogP contribution in [-0.2, 0) is 24.8 Å². The third-order valence-corrected chi connectivity index (χ3v) is 6.15. The molecular weight excluding hydrogens is 375 g/mol. The van der Waals surface area contributed by atoms with E-state index in [1.807, 2.05) is 4.72 Å². The summed E-state index contributed by atoms with van der Waals surface area (Å²) in [5, 5.41) is 9.05. The van der Waals surface area contributed by atoms with Crippen LogP contribution in [0.3, 0.4) is 0 Å². The summed E-state index contributed by atoms with van der Waals surface area (Å²) in [5.41, 5.74) is -0.122. The molecule has 0 bridgehead atoms. The maximum atomic E-state index is 14.2. The molecule has 1 aromatic carbocycles. The molecule has 0 aliphatic carbocycles. The molecule has 25 heavy (non-hydrogen) atoms. The summed E-state index contributed by atoms with van der Waals surface area (Å²) in [6.45, 7) is 4.67. The maximum Gasteiger partial charge on any atom is 0.322 e. The lowest BCUT2D eigenvalue weighted by Gasteiger charge is -2.18. The molecule has 0 amide bonds. The third kappa shape index (κ3) is 5.94. The molecule has 1 atom stereocenters. The fourth-order valence-corrected chi connectivity index (χ4v) is 4.51. The molecule has 142 valence electrons. The van der Waals surface area contributed by atoms with E-state index in [0.29, 0.717) is 6.42 Å². The van der Waals surface area contributed by atoms with Crippen LogP contribution in [0, 0.1) is 11.7 Å². The van der Waals surface area contributed by atoms with E-state index < -0.39 is 48.7 Å². The topological polar surface area (TPSA) is 130 Å². The highest BCUT2D eigenvalue weighted by Gasteiger charge is 2.29. The first-order valence-corrected chi connectivity index (χ1v) is 10.6. The van der Waals surface area contributed by atoms with Crippen molar-refractivity contribution in [1.29, 1.82) is 0 Å². The number of carboxylic acid groups (broad SMARTS) is 1. The number of halogens is 1. The average molecular weight is 396 g/mol. The number of hydrogen-bond donors (Lipinski definition) is 3. The molecule has 0 saturated carbocycles. The molecule has 11 heteroatoms. The normalized spacial score (nSPS) is 13.6. The summed E-state index contributed by atoms with van der Waals surface area (Å²) in [7, 11) is -8.08. The van der Waals surface area contributed by atoms with Gasteiger partial charge in [-0.3, -0.25) is 9.52 Å². The van der Waals surface area contributed by atoms with Crippen LogP contribution in [0.2, 0.25) is 0 Å². The number of carbonyl (C=O) groups is 1. The SMILES string of the molecule is CCCS(=O)(=O)Nc1ccc(S(=O)(=O)N[C@@H](C(=O)O)C(C)C)c(F)c1. The van der Waals surface area contributed by atoms with Crippen molar-refractivity contribution >= 4 is 31.7 Å². The Balaban J connectivity index is 3.12. The standard InChI is InChI=1S/C14H21FN2O6S2/c1-4-7-24(20,21)16-10-5-6-12(11(15)8-10)25(22,23)17-13(9(2)3)14(18)19/h5-6,8-9,13,16-17H,4,7H2,1-3H3,(H,18,19)/t13-/m1/s1. The Morgan fingerprint density at radius 2 is 1.84 bits per heavy atom. The summed E-state index contributed by atoms with van der Waals surface area (Å²) in [6, 6.07) is 1.27. The molecule has 0 radical (unpaired) electrons. The summed E-state index contributed by atoms with van der Waals surface area (Å²) in [5.74, 6) is -3.30. The van der Waals surface area contributed by atoms with Gasteiger partial charge in [0.15, 0.2) is 0 Å². The summed E-state index contributed by atoms with van der Waals surface area (Å²) in [6.07, 6.45) is 0.361. The molecule has 0 heterocycles. The molecule has 1 aromatic rings. The number of carboxylic acids is 1. The lowest BCUT2D eigenvalue weighted by molar-refractivity contribution is -0.140. The Morgan fingerprint density at radius 1 is 1.24 bits per heavy atom. The van der Waals surface area contributed by atoms with Crippen LogP contribution in [0.5, 0.6) is 0 Å². The molecule has 0 aromatic heterocycles. The summed E-state index contributed by atoms with van der Waals surface area (Å²) < 4.78 is 66.0. The first-order chi connectivity index (χ1) is 11.4. The van der Waals surface area contributed by atoms with E-state index in [4.69, 9.17) is 5.11 Å². The monoisotopic (exact) mass is 396 g/mol. The van der Waals surface area contributed by atoms with Crippen LogP contribution in [0.1, 0.15) is 27.2 Å². The smallest absolute Gasteiger partial charge is 0.322 e. The minimum Gasteiger partial charge on any atom is -0.480 e. The van der Waals surface area contributed by atoms with Gasteiger partial charge in [-0.15, -0.1) is 0 Å². The molecule has 0 unspecified atom stereocenters. The quantitative estimate of drug-likeness (QED) is 0.578. The minimum absolute atomic E-state index is 0.122. The highest BCUT2D eigenvalue weighted by molar-refractivity contribution is 7.92. The van der Waals surface area contributed by atoms with Crippen molar-refractivity contribution in [3.63, 3.8) is 0 Å². The van der Waals surface area contributed by atoms with Crippen LogP contribution in [0.25, 0.3) is 0 Å². The lowest BCUT2D eigenvalue weighted by Crippen LogP contribution is -2.44. The molecule has 1 rings (SSSR count). The van der Waals surface area contributed by atoms with Crippen molar-refractivity contribution in [2.75, 3.05) is 10.5 Å².